The summed E-state index contributed by atoms with van der Waals surface area (Å²) in [6.07, 6.45) is 5.01. The summed E-state index contributed by atoms with van der Waals surface area (Å²) in [5.41, 5.74) is 6.62. The molecule has 0 aliphatic carbocycles. The van der Waals surface area contributed by atoms with Crippen LogP contribution in [0.2, 0.25) is 0 Å². The van der Waals surface area contributed by atoms with Crippen LogP contribution in [0.1, 0.15) is 22.3 Å². The highest BCUT2D eigenvalue weighted by atomic mass is 16.5. The molecule has 4 aromatic rings. The van der Waals surface area contributed by atoms with E-state index < -0.39 is 0 Å². The second kappa shape index (κ2) is 11.1. The third-order valence-electron chi connectivity index (χ3n) is 7.46. The maximum atomic E-state index is 12.1. The van der Waals surface area contributed by atoms with Gasteiger partial charge in [0.05, 0.1) is 11.4 Å². The first-order chi connectivity index (χ1) is 21.1. The molecule has 218 valence electrons. The molecule has 0 aromatic heterocycles. The summed E-state index contributed by atoms with van der Waals surface area (Å²) in [4.78, 5) is 50.7. The van der Waals surface area contributed by atoms with Crippen LogP contribution in [-0.2, 0) is 19.2 Å². The van der Waals surface area contributed by atoms with Gasteiger partial charge in [-0.05, 0) is 110 Å². The Morgan fingerprint density at radius 1 is 0.455 bits per heavy atom. The topological polar surface area (TPSA) is 93.2 Å². The largest absolute Gasteiger partial charge is 0.457 e. The summed E-state index contributed by atoms with van der Waals surface area (Å²) in [5, 5.41) is 0. The molecule has 0 atom stereocenters. The van der Waals surface area contributed by atoms with E-state index in [4.69, 9.17) is 9.47 Å². The van der Waals surface area contributed by atoms with Crippen LogP contribution in [0.3, 0.4) is 0 Å². The number of aryl methyl sites for hydroxylation is 4. The SMILES string of the molecule is Cc1cc(-c2cc(C)c(Oc3cccc(N4C(=O)C=CC4=O)c3)c(C)c2)cc(C)c1Oc1cccc(N2C(=O)C=CC2=O)c1. The molecule has 0 saturated heterocycles. The number of rotatable bonds is 7. The molecule has 4 aromatic carbocycles. The van der Waals surface area contributed by atoms with Gasteiger partial charge in [-0.3, -0.25) is 19.2 Å². The summed E-state index contributed by atoms with van der Waals surface area (Å²) < 4.78 is 12.5. The number of ether oxygens (including phenoxy) is 2. The van der Waals surface area contributed by atoms with Crippen LogP contribution in [0.5, 0.6) is 23.0 Å². The van der Waals surface area contributed by atoms with E-state index in [1.165, 1.54) is 24.3 Å². The molecule has 0 unspecified atom stereocenters. The molecule has 0 saturated carbocycles. The van der Waals surface area contributed by atoms with Gasteiger partial charge >= 0.3 is 0 Å². The first-order valence-corrected chi connectivity index (χ1v) is 14.0. The van der Waals surface area contributed by atoms with Crippen molar-refractivity contribution in [2.75, 3.05) is 9.80 Å². The monoisotopic (exact) mass is 584 g/mol. The van der Waals surface area contributed by atoms with Crippen LogP contribution in [0.4, 0.5) is 11.4 Å². The second-order valence-corrected chi connectivity index (χ2v) is 10.8. The van der Waals surface area contributed by atoms with Crippen LogP contribution in [0, 0.1) is 27.7 Å². The Morgan fingerprint density at radius 3 is 1.09 bits per heavy atom. The van der Waals surface area contributed by atoms with Gasteiger partial charge in [-0.2, -0.15) is 0 Å². The molecule has 8 nitrogen and oxygen atoms in total. The van der Waals surface area contributed by atoms with Crippen molar-refractivity contribution in [1.29, 1.82) is 0 Å². The number of amides is 4. The summed E-state index contributed by atoms with van der Waals surface area (Å²) in [6.45, 7) is 7.90. The highest BCUT2D eigenvalue weighted by Crippen LogP contribution is 2.38. The van der Waals surface area contributed by atoms with Gasteiger partial charge in [-0.15, -0.1) is 0 Å². The summed E-state index contributed by atoms with van der Waals surface area (Å²) >= 11 is 0. The number of carbonyl (C=O) groups is 4. The molecular formula is C36H28N2O6. The highest BCUT2D eigenvalue weighted by molar-refractivity contribution is 6.28. The van der Waals surface area contributed by atoms with Gasteiger partial charge in [0.2, 0.25) is 0 Å². The molecule has 0 spiro atoms. The number of hydrogen-bond donors (Lipinski definition) is 0. The third-order valence-corrected chi connectivity index (χ3v) is 7.46. The lowest BCUT2D eigenvalue weighted by Gasteiger charge is -2.18. The molecule has 8 heteroatoms. The van der Waals surface area contributed by atoms with E-state index in [2.05, 4.69) is 24.3 Å². The second-order valence-electron chi connectivity index (χ2n) is 10.8. The van der Waals surface area contributed by atoms with E-state index in [-0.39, 0.29) is 23.6 Å². The Morgan fingerprint density at radius 2 is 0.773 bits per heavy atom. The van der Waals surface area contributed by atoms with Gasteiger partial charge in [0.25, 0.3) is 23.6 Å². The first kappa shape index (κ1) is 28.4. The van der Waals surface area contributed by atoms with Gasteiger partial charge in [-0.25, -0.2) is 9.80 Å². The van der Waals surface area contributed by atoms with Crippen LogP contribution >= 0.6 is 0 Å². The van der Waals surface area contributed by atoms with Crippen molar-refractivity contribution in [2.24, 2.45) is 0 Å². The standard InChI is InChI=1S/C36H28N2O6/c1-21-15-25(16-22(2)35(21)43-29-9-5-7-27(19-29)37-31(39)11-12-32(37)40)26-17-23(3)36(24(4)18-26)44-30-10-6-8-28(20-30)38-33(41)13-14-34(38)42/h5-20H,1-4H3. The number of hydrogen-bond acceptors (Lipinski definition) is 6. The van der Waals surface area contributed by atoms with Gasteiger partial charge in [-0.1, -0.05) is 12.1 Å². The van der Waals surface area contributed by atoms with E-state index >= 15 is 0 Å². The average Bonchev–Trinajstić information content (AvgIpc) is 3.51. The van der Waals surface area contributed by atoms with E-state index in [0.717, 1.165) is 43.2 Å². The lowest BCUT2D eigenvalue weighted by molar-refractivity contribution is -0.121. The van der Waals surface area contributed by atoms with Crippen molar-refractivity contribution in [1.82, 2.24) is 0 Å². The molecule has 44 heavy (non-hydrogen) atoms. The Hall–Kier alpha value is -5.76. The molecule has 2 heterocycles. The lowest BCUT2D eigenvalue weighted by atomic mass is 9.96. The maximum Gasteiger partial charge on any atom is 0.258 e. The lowest BCUT2D eigenvalue weighted by Crippen LogP contribution is -2.29. The fraction of sp³-hybridized carbons (Fsp3) is 0.111. The van der Waals surface area contributed by atoms with E-state index in [0.29, 0.717) is 34.4 Å². The van der Waals surface area contributed by atoms with Crippen molar-refractivity contribution < 1.29 is 28.7 Å². The number of nitrogens with zero attached hydrogens (tertiary/aromatic N) is 2. The van der Waals surface area contributed by atoms with Crippen molar-refractivity contribution in [3.63, 3.8) is 0 Å². The molecule has 0 N–H and O–H groups in total. The zero-order valence-corrected chi connectivity index (χ0v) is 24.6. The smallest absolute Gasteiger partial charge is 0.258 e. The molecular weight excluding hydrogens is 556 g/mol. The van der Waals surface area contributed by atoms with Gasteiger partial charge in [0.1, 0.15) is 23.0 Å². The normalized spacial score (nSPS) is 14.3. The molecule has 0 bridgehead atoms. The predicted molar refractivity (Wildman–Crippen MR) is 167 cm³/mol. The molecule has 0 fully saturated rings. The van der Waals surface area contributed by atoms with Gasteiger partial charge < -0.3 is 9.47 Å². The summed E-state index contributed by atoms with van der Waals surface area (Å²) in [6, 6.07) is 22.0. The average molecular weight is 585 g/mol. The zero-order chi connectivity index (χ0) is 31.1. The fourth-order valence-electron chi connectivity index (χ4n) is 5.47. The number of imide groups is 2. The summed E-state index contributed by atoms with van der Waals surface area (Å²) in [7, 11) is 0. The Balaban J connectivity index is 1.23. The van der Waals surface area contributed by atoms with Crippen LogP contribution in [0.25, 0.3) is 11.1 Å². The number of carbonyl (C=O) groups excluding carboxylic acids is 4. The van der Waals surface area contributed by atoms with E-state index in [1.54, 1.807) is 48.5 Å². The minimum Gasteiger partial charge on any atom is -0.457 e. The van der Waals surface area contributed by atoms with Crippen molar-refractivity contribution in [3.8, 4) is 34.1 Å². The number of benzene rings is 4. The minimum absolute atomic E-state index is 0.382. The highest BCUT2D eigenvalue weighted by Gasteiger charge is 2.26. The predicted octanol–water partition coefficient (Wildman–Crippen LogP) is 7.03. The van der Waals surface area contributed by atoms with Crippen LogP contribution in [-0.4, -0.2) is 23.6 Å². The fourth-order valence-corrected chi connectivity index (χ4v) is 5.47. The molecule has 0 radical (unpaired) electrons. The molecule has 6 rings (SSSR count). The first-order valence-electron chi connectivity index (χ1n) is 14.0. The molecule has 4 amide bonds. The van der Waals surface area contributed by atoms with Gasteiger partial charge in [0.15, 0.2) is 0 Å². The van der Waals surface area contributed by atoms with E-state index in [1.807, 2.05) is 27.7 Å². The summed E-state index contributed by atoms with van der Waals surface area (Å²) in [5.74, 6) is 0.892. The minimum atomic E-state index is -0.382. The Bertz CT molecular complexity index is 1730. The van der Waals surface area contributed by atoms with Crippen molar-refractivity contribution >= 4 is 35.0 Å². The van der Waals surface area contributed by atoms with Crippen LogP contribution in [0.15, 0.2) is 97.1 Å². The maximum absolute atomic E-state index is 12.1. The quantitative estimate of drug-likeness (QED) is 0.217. The zero-order valence-electron chi connectivity index (χ0n) is 24.6. The Kier molecular flexibility index (Phi) is 7.19. The van der Waals surface area contributed by atoms with E-state index in [9.17, 15) is 19.2 Å². The number of anilines is 2. The van der Waals surface area contributed by atoms with Crippen LogP contribution < -0.4 is 19.3 Å². The Labute approximate surface area is 254 Å². The molecule has 2 aliphatic rings. The van der Waals surface area contributed by atoms with Crippen molar-refractivity contribution in [3.05, 3.63) is 119 Å². The van der Waals surface area contributed by atoms with Crippen molar-refractivity contribution in [2.45, 2.75) is 27.7 Å². The molecule has 2 aliphatic heterocycles. The van der Waals surface area contributed by atoms with Gasteiger partial charge in [0, 0.05) is 36.4 Å². The third kappa shape index (κ3) is 5.29.